The van der Waals surface area contributed by atoms with Gasteiger partial charge in [-0.1, -0.05) is 48.5 Å². The molecule has 0 radical (unpaired) electrons. The van der Waals surface area contributed by atoms with Crippen molar-refractivity contribution < 1.29 is 4.74 Å². The molecular weight excluding hydrogens is 338 g/mol. The molecular formula is C22H25N3O2. The molecule has 2 heterocycles. The van der Waals surface area contributed by atoms with E-state index in [0.717, 1.165) is 61.2 Å². The van der Waals surface area contributed by atoms with E-state index in [0.29, 0.717) is 12.4 Å². The highest BCUT2D eigenvalue weighted by atomic mass is 16.5. The summed E-state index contributed by atoms with van der Waals surface area (Å²) in [5, 5.41) is 4.36. The lowest BCUT2D eigenvalue weighted by Crippen LogP contribution is -2.44. The van der Waals surface area contributed by atoms with Gasteiger partial charge in [-0.25, -0.2) is 0 Å². The summed E-state index contributed by atoms with van der Waals surface area (Å²) in [6.45, 7) is 5.77. The van der Waals surface area contributed by atoms with Gasteiger partial charge >= 0.3 is 0 Å². The summed E-state index contributed by atoms with van der Waals surface area (Å²) in [7, 11) is 0. The van der Waals surface area contributed by atoms with Crippen LogP contribution in [0.1, 0.15) is 6.42 Å². The minimum atomic E-state index is -0.172. The van der Waals surface area contributed by atoms with Crippen molar-refractivity contribution in [3.8, 4) is 16.9 Å². The third kappa shape index (κ3) is 4.04. The van der Waals surface area contributed by atoms with Crippen molar-refractivity contribution in [3.63, 3.8) is 0 Å². The van der Waals surface area contributed by atoms with E-state index in [1.807, 2.05) is 54.6 Å². The highest BCUT2D eigenvalue weighted by Crippen LogP contribution is 2.33. The number of fused-ring (bicyclic) bond motifs is 1. The van der Waals surface area contributed by atoms with Crippen LogP contribution in [0, 0.1) is 0 Å². The zero-order chi connectivity index (χ0) is 18.5. The number of nitrogens with zero attached hydrogens (tertiary/aromatic N) is 1. The average Bonchev–Trinajstić information content (AvgIpc) is 2.72. The third-order valence-electron chi connectivity index (χ3n) is 5.02. The molecule has 0 aliphatic carbocycles. The zero-order valence-corrected chi connectivity index (χ0v) is 15.4. The molecule has 1 aromatic heterocycles. The molecule has 140 valence electrons. The lowest BCUT2D eigenvalue weighted by molar-refractivity contribution is 0.213. The smallest absolute Gasteiger partial charge is 0.291 e. The number of nitrogens with one attached hydrogen (secondary N) is 2. The summed E-state index contributed by atoms with van der Waals surface area (Å²) in [4.78, 5) is 18.1. The number of benzene rings is 2. The van der Waals surface area contributed by atoms with E-state index in [2.05, 4.69) is 15.2 Å². The van der Waals surface area contributed by atoms with E-state index in [9.17, 15) is 4.79 Å². The minimum Gasteiger partial charge on any atom is -0.487 e. The molecule has 1 aliphatic heterocycles. The molecule has 27 heavy (non-hydrogen) atoms. The van der Waals surface area contributed by atoms with Gasteiger partial charge in [0.1, 0.15) is 0 Å². The van der Waals surface area contributed by atoms with Crippen LogP contribution in [0.3, 0.4) is 0 Å². The number of aromatic amines is 1. The average molecular weight is 363 g/mol. The Morgan fingerprint density at radius 1 is 0.963 bits per heavy atom. The molecule has 1 saturated heterocycles. The Morgan fingerprint density at radius 3 is 2.52 bits per heavy atom. The van der Waals surface area contributed by atoms with Crippen LogP contribution in [0.4, 0.5) is 0 Å². The molecule has 1 aliphatic rings. The molecule has 4 rings (SSSR count). The fourth-order valence-corrected chi connectivity index (χ4v) is 3.65. The maximum Gasteiger partial charge on any atom is 0.291 e. The maximum atomic E-state index is 12.7. The number of H-pyrrole nitrogens is 1. The third-order valence-corrected chi connectivity index (χ3v) is 5.02. The van der Waals surface area contributed by atoms with E-state index in [1.54, 1.807) is 0 Å². The highest BCUT2D eigenvalue weighted by molar-refractivity contribution is 5.97. The molecule has 0 unspecified atom stereocenters. The van der Waals surface area contributed by atoms with Gasteiger partial charge in [-0.15, -0.1) is 0 Å². The zero-order valence-electron chi connectivity index (χ0n) is 15.4. The van der Waals surface area contributed by atoms with Gasteiger partial charge in [-0.2, -0.15) is 0 Å². The van der Waals surface area contributed by atoms with Crippen molar-refractivity contribution in [2.24, 2.45) is 0 Å². The summed E-state index contributed by atoms with van der Waals surface area (Å²) >= 11 is 0. The lowest BCUT2D eigenvalue weighted by atomic mass is 10.0. The number of para-hydroxylation sites is 1. The molecule has 5 nitrogen and oxygen atoms in total. The Balaban J connectivity index is 1.59. The molecule has 0 spiro atoms. The summed E-state index contributed by atoms with van der Waals surface area (Å²) in [5.74, 6) is 0.417. The molecule has 1 fully saturated rings. The number of aromatic nitrogens is 1. The van der Waals surface area contributed by atoms with Crippen LogP contribution in [0.5, 0.6) is 5.75 Å². The number of rotatable bonds is 6. The van der Waals surface area contributed by atoms with Gasteiger partial charge in [0.15, 0.2) is 5.75 Å². The summed E-state index contributed by atoms with van der Waals surface area (Å²) in [6, 6.07) is 17.9. The Labute approximate surface area is 159 Å². The van der Waals surface area contributed by atoms with Crippen LogP contribution >= 0.6 is 0 Å². The SMILES string of the molecule is O=c1[nH]c2ccccc2c(-c2ccccc2)c1OCCCN1CCNCC1. The van der Waals surface area contributed by atoms with E-state index >= 15 is 0 Å². The quantitative estimate of drug-likeness (QED) is 0.661. The van der Waals surface area contributed by atoms with Crippen LogP contribution in [-0.4, -0.2) is 49.2 Å². The summed E-state index contributed by atoms with van der Waals surface area (Å²) in [6.07, 6.45) is 0.903. The molecule has 0 atom stereocenters. The summed E-state index contributed by atoms with van der Waals surface area (Å²) < 4.78 is 6.04. The minimum absolute atomic E-state index is 0.172. The van der Waals surface area contributed by atoms with E-state index in [-0.39, 0.29) is 5.56 Å². The lowest BCUT2D eigenvalue weighted by Gasteiger charge is -2.27. The number of hydrogen-bond acceptors (Lipinski definition) is 4. The van der Waals surface area contributed by atoms with Crippen LogP contribution in [0.25, 0.3) is 22.0 Å². The number of piperazine rings is 1. The Kier molecular flexibility index (Phi) is 5.51. The summed E-state index contributed by atoms with van der Waals surface area (Å²) in [5.41, 5.74) is 2.53. The Hall–Kier alpha value is -2.63. The van der Waals surface area contributed by atoms with Crippen LogP contribution in [0.2, 0.25) is 0 Å². The van der Waals surface area contributed by atoms with Gasteiger partial charge in [0.25, 0.3) is 5.56 Å². The first-order valence-corrected chi connectivity index (χ1v) is 9.59. The second-order valence-corrected chi connectivity index (χ2v) is 6.86. The van der Waals surface area contributed by atoms with E-state index in [1.165, 1.54) is 0 Å². The largest absolute Gasteiger partial charge is 0.487 e. The van der Waals surface area contributed by atoms with Gasteiger partial charge < -0.3 is 19.9 Å². The van der Waals surface area contributed by atoms with Crippen LogP contribution in [-0.2, 0) is 0 Å². The standard InChI is InChI=1S/C22H25N3O2/c26-22-21(27-16-6-13-25-14-11-23-12-15-25)20(17-7-2-1-3-8-17)18-9-4-5-10-19(18)24-22/h1-5,7-10,23H,6,11-16H2,(H,24,26). The maximum absolute atomic E-state index is 12.7. The van der Waals surface area contributed by atoms with Crippen LogP contribution < -0.4 is 15.6 Å². The first-order valence-electron chi connectivity index (χ1n) is 9.59. The fourth-order valence-electron chi connectivity index (χ4n) is 3.65. The monoisotopic (exact) mass is 363 g/mol. The van der Waals surface area contributed by atoms with Crippen molar-refractivity contribution in [2.75, 3.05) is 39.3 Å². The van der Waals surface area contributed by atoms with Crippen molar-refractivity contribution in [3.05, 3.63) is 65.0 Å². The van der Waals surface area contributed by atoms with Crippen molar-refractivity contribution >= 4 is 10.9 Å². The normalized spacial score (nSPS) is 15.1. The fraction of sp³-hybridized carbons (Fsp3) is 0.318. The molecule has 5 heteroatoms. The van der Waals surface area contributed by atoms with E-state index in [4.69, 9.17) is 4.74 Å². The molecule has 2 N–H and O–H groups in total. The first-order chi connectivity index (χ1) is 13.3. The molecule has 0 amide bonds. The molecule has 2 aromatic carbocycles. The highest BCUT2D eigenvalue weighted by Gasteiger charge is 2.16. The molecule has 3 aromatic rings. The Morgan fingerprint density at radius 2 is 1.70 bits per heavy atom. The van der Waals surface area contributed by atoms with Crippen molar-refractivity contribution in [1.82, 2.24) is 15.2 Å². The van der Waals surface area contributed by atoms with Crippen molar-refractivity contribution in [2.45, 2.75) is 6.42 Å². The second-order valence-electron chi connectivity index (χ2n) is 6.86. The first kappa shape index (κ1) is 17.8. The number of ether oxygens (including phenoxy) is 1. The Bertz CT molecular complexity index is 947. The van der Waals surface area contributed by atoms with Gasteiger partial charge in [0.05, 0.1) is 6.61 Å². The molecule has 0 bridgehead atoms. The number of hydrogen-bond donors (Lipinski definition) is 2. The topological polar surface area (TPSA) is 57.4 Å². The van der Waals surface area contributed by atoms with E-state index < -0.39 is 0 Å². The molecule has 0 saturated carbocycles. The van der Waals surface area contributed by atoms with Gasteiger partial charge in [0, 0.05) is 49.2 Å². The van der Waals surface area contributed by atoms with Gasteiger partial charge in [0.2, 0.25) is 0 Å². The van der Waals surface area contributed by atoms with Crippen molar-refractivity contribution in [1.29, 1.82) is 0 Å². The predicted molar refractivity (Wildman–Crippen MR) is 109 cm³/mol. The van der Waals surface area contributed by atoms with Gasteiger partial charge in [-0.3, -0.25) is 4.79 Å². The van der Waals surface area contributed by atoms with Crippen LogP contribution in [0.15, 0.2) is 59.4 Å². The predicted octanol–water partition coefficient (Wildman–Crippen LogP) is 2.87. The number of pyridine rings is 1. The second kappa shape index (κ2) is 8.37. The van der Waals surface area contributed by atoms with Gasteiger partial charge in [-0.05, 0) is 18.1 Å².